The summed E-state index contributed by atoms with van der Waals surface area (Å²) in [5.41, 5.74) is 0.741. The third-order valence-electron chi connectivity index (χ3n) is 4.00. The van der Waals surface area contributed by atoms with Crippen LogP contribution in [-0.4, -0.2) is 20.8 Å². The summed E-state index contributed by atoms with van der Waals surface area (Å²) in [5, 5.41) is 0. The van der Waals surface area contributed by atoms with Crippen LogP contribution >= 0.6 is 0 Å². The van der Waals surface area contributed by atoms with E-state index >= 15 is 0 Å². The van der Waals surface area contributed by atoms with Gasteiger partial charge in [-0.25, -0.2) is 0 Å². The predicted molar refractivity (Wildman–Crippen MR) is 105 cm³/mol. The Morgan fingerprint density at radius 3 is 1.65 bits per heavy atom. The van der Waals surface area contributed by atoms with E-state index in [1.54, 1.807) is 0 Å². The van der Waals surface area contributed by atoms with Gasteiger partial charge in [-0.05, 0) is 37.3 Å². The van der Waals surface area contributed by atoms with Crippen LogP contribution in [0.25, 0.3) is 0 Å². The van der Waals surface area contributed by atoms with Gasteiger partial charge in [0.2, 0.25) is 0 Å². The third-order valence-corrected chi connectivity index (χ3v) is 8.53. The predicted octanol–water partition coefficient (Wildman–Crippen LogP) is 6.40. The third kappa shape index (κ3) is 7.19. The van der Waals surface area contributed by atoms with Gasteiger partial charge in [-0.3, -0.25) is 0 Å². The molecule has 0 aliphatic rings. The van der Waals surface area contributed by atoms with Crippen LogP contribution in [-0.2, 0) is 8.85 Å². The van der Waals surface area contributed by atoms with Crippen LogP contribution in [0, 0.1) is 5.92 Å². The second-order valence-corrected chi connectivity index (χ2v) is 11.4. The summed E-state index contributed by atoms with van der Waals surface area (Å²) in [4.78, 5) is 0. The summed E-state index contributed by atoms with van der Waals surface area (Å²) in [6.07, 6.45) is 11.2. The monoisotopic (exact) mass is 338 g/mol. The first-order chi connectivity index (χ1) is 10.7. The van der Waals surface area contributed by atoms with E-state index in [9.17, 15) is 0 Å². The van der Waals surface area contributed by atoms with Crippen molar-refractivity contribution in [2.24, 2.45) is 5.92 Å². The maximum Gasteiger partial charge on any atom is 0.344 e. The quantitative estimate of drug-likeness (QED) is 0.320. The van der Waals surface area contributed by atoms with Crippen LogP contribution < -0.4 is 0 Å². The van der Waals surface area contributed by atoms with E-state index in [0.29, 0.717) is 17.0 Å². The summed E-state index contributed by atoms with van der Waals surface area (Å²) in [6.45, 7) is 21.4. The fraction of sp³-hybridized carbons (Fsp3) is 0.700. The first-order valence-corrected chi connectivity index (χ1v) is 10.9. The highest BCUT2D eigenvalue weighted by Gasteiger charge is 2.47. The van der Waals surface area contributed by atoms with Gasteiger partial charge in [0.05, 0.1) is 12.2 Å². The number of hydrogen-bond donors (Lipinski definition) is 0. The Morgan fingerprint density at radius 1 is 0.870 bits per heavy atom. The maximum atomic E-state index is 6.68. The van der Waals surface area contributed by atoms with Gasteiger partial charge in [-0.1, -0.05) is 71.9 Å². The first kappa shape index (κ1) is 22.4. The van der Waals surface area contributed by atoms with Crippen LogP contribution in [0.5, 0.6) is 0 Å². The highest BCUT2D eigenvalue weighted by molar-refractivity contribution is 6.70. The molecule has 1 atom stereocenters. The molecule has 0 aromatic heterocycles. The Bertz CT molecular complexity index is 363. The lowest BCUT2D eigenvalue weighted by Crippen LogP contribution is -2.52. The van der Waals surface area contributed by atoms with Gasteiger partial charge in [0.1, 0.15) is 0 Å². The van der Waals surface area contributed by atoms with Crippen LogP contribution in [0.4, 0.5) is 0 Å². The fourth-order valence-electron chi connectivity index (χ4n) is 2.87. The molecule has 0 aromatic rings. The van der Waals surface area contributed by atoms with E-state index in [0.717, 1.165) is 6.42 Å². The Hall–Kier alpha value is -0.643. The highest BCUT2D eigenvalue weighted by atomic mass is 28.4. The summed E-state index contributed by atoms with van der Waals surface area (Å²) < 4.78 is 13.3. The Morgan fingerprint density at radius 2 is 1.35 bits per heavy atom. The van der Waals surface area contributed by atoms with Crippen molar-refractivity contribution in [2.45, 2.75) is 85.1 Å². The number of hydrogen-bond acceptors (Lipinski definition) is 2. The van der Waals surface area contributed by atoms with Crippen LogP contribution in [0.3, 0.4) is 0 Å². The molecule has 2 nitrogen and oxygen atoms in total. The van der Waals surface area contributed by atoms with Crippen molar-refractivity contribution in [3.8, 4) is 0 Å². The average molecular weight is 339 g/mol. The lowest BCUT2D eigenvalue weighted by molar-refractivity contribution is 0.104. The molecule has 134 valence electrons. The number of rotatable bonds is 11. The molecule has 0 radical (unpaired) electrons. The smallest absolute Gasteiger partial charge is 0.344 e. The highest BCUT2D eigenvalue weighted by Crippen LogP contribution is 2.37. The van der Waals surface area contributed by atoms with Crippen molar-refractivity contribution >= 4 is 8.56 Å². The Labute approximate surface area is 145 Å². The summed E-state index contributed by atoms with van der Waals surface area (Å²) >= 11 is 0. The number of allylic oxidation sites excluding steroid dienone is 2. The Kier molecular flexibility index (Phi) is 10.7. The molecule has 0 N–H and O–H groups in total. The molecule has 0 aliphatic heterocycles. The van der Waals surface area contributed by atoms with Crippen molar-refractivity contribution in [1.82, 2.24) is 0 Å². The van der Waals surface area contributed by atoms with Gasteiger partial charge in [-0.2, -0.15) is 0 Å². The van der Waals surface area contributed by atoms with E-state index < -0.39 is 8.56 Å². The molecular formula is C20H38O2Si. The van der Waals surface area contributed by atoms with Gasteiger partial charge in [0.15, 0.2) is 0 Å². The van der Waals surface area contributed by atoms with Crippen molar-refractivity contribution < 1.29 is 8.85 Å². The molecule has 0 amide bonds. The SMILES string of the molecule is C=CC(CC(C)C)O[Si](OC(/C=C/C)/C=C/C)(C(C)C)C(C)C. The maximum absolute atomic E-state index is 6.68. The molecule has 0 bridgehead atoms. The topological polar surface area (TPSA) is 18.5 Å². The second kappa shape index (κ2) is 11.0. The molecule has 0 heterocycles. The summed E-state index contributed by atoms with van der Waals surface area (Å²) in [6, 6.07) is 0. The zero-order chi connectivity index (χ0) is 18.0. The molecule has 1 unspecified atom stereocenters. The zero-order valence-electron chi connectivity index (χ0n) is 16.5. The van der Waals surface area contributed by atoms with Gasteiger partial charge >= 0.3 is 8.56 Å². The van der Waals surface area contributed by atoms with Crippen molar-refractivity contribution in [3.05, 3.63) is 37.0 Å². The van der Waals surface area contributed by atoms with E-state index in [-0.39, 0.29) is 12.2 Å². The summed E-state index contributed by atoms with van der Waals surface area (Å²) in [7, 11) is -2.41. The minimum absolute atomic E-state index is 0.0222. The van der Waals surface area contributed by atoms with Gasteiger partial charge < -0.3 is 8.85 Å². The van der Waals surface area contributed by atoms with Gasteiger partial charge in [0.25, 0.3) is 0 Å². The molecule has 0 saturated carbocycles. The average Bonchev–Trinajstić information content (AvgIpc) is 2.44. The lowest BCUT2D eigenvalue weighted by Gasteiger charge is -2.41. The second-order valence-electron chi connectivity index (χ2n) is 7.19. The standard InChI is InChI=1S/C20H38O2Si/c1-10-13-20(14-11-2)22-23(17(6)7,18(8)9)21-19(12-3)15-16(4)5/h10-14,16-20H,3,15H2,1-2,4-9H3/b13-10+,14-11+. The first-order valence-electron chi connectivity index (χ1n) is 8.97. The molecule has 0 rings (SSSR count). The van der Waals surface area contributed by atoms with E-state index in [2.05, 4.69) is 60.3 Å². The molecule has 23 heavy (non-hydrogen) atoms. The van der Waals surface area contributed by atoms with Crippen LogP contribution in [0.1, 0.15) is 61.8 Å². The van der Waals surface area contributed by atoms with E-state index in [1.165, 1.54) is 0 Å². The molecule has 0 fully saturated rings. The van der Waals surface area contributed by atoms with Crippen molar-refractivity contribution in [3.63, 3.8) is 0 Å². The van der Waals surface area contributed by atoms with Crippen molar-refractivity contribution in [1.29, 1.82) is 0 Å². The Balaban J connectivity index is 5.57. The van der Waals surface area contributed by atoms with Crippen molar-refractivity contribution in [2.75, 3.05) is 0 Å². The summed E-state index contributed by atoms with van der Waals surface area (Å²) in [5.74, 6) is 0.575. The van der Waals surface area contributed by atoms with Gasteiger partial charge in [-0.15, -0.1) is 6.58 Å². The molecule has 0 aliphatic carbocycles. The minimum atomic E-state index is -2.41. The largest absolute Gasteiger partial charge is 0.387 e. The van der Waals surface area contributed by atoms with E-state index in [1.807, 2.05) is 32.1 Å². The fourth-order valence-corrected chi connectivity index (χ4v) is 6.59. The molecule has 0 aromatic carbocycles. The van der Waals surface area contributed by atoms with Crippen LogP contribution in [0.2, 0.25) is 11.1 Å². The normalized spacial score (nSPS) is 15.0. The lowest BCUT2D eigenvalue weighted by atomic mass is 10.1. The van der Waals surface area contributed by atoms with Gasteiger partial charge in [0, 0.05) is 0 Å². The molecule has 0 spiro atoms. The van der Waals surface area contributed by atoms with Crippen LogP contribution in [0.15, 0.2) is 37.0 Å². The minimum Gasteiger partial charge on any atom is -0.387 e. The van der Waals surface area contributed by atoms with E-state index in [4.69, 9.17) is 8.85 Å². The molecule has 3 heteroatoms. The molecule has 0 saturated heterocycles. The molecular weight excluding hydrogens is 300 g/mol. The zero-order valence-corrected chi connectivity index (χ0v) is 17.5.